The monoisotopic (exact) mass is 396 g/mol. The van der Waals surface area contributed by atoms with Crippen LogP contribution in [0.1, 0.15) is 54.5 Å². The Morgan fingerprint density at radius 3 is 2.57 bits per heavy atom. The van der Waals surface area contributed by atoms with Crippen molar-refractivity contribution in [3.05, 3.63) is 69.7 Å². The summed E-state index contributed by atoms with van der Waals surface area (Å²) >= 11 is 5.96. The molecule has 1 amide bonds. The van der Waals surface area contributed by atoms with Gasteiger partial charge < -0.3 is 5.32 Å². The van der Waals surface area contributed by atoms with Crippen LogP contribution in [0.5, 0.6) is 0 Å². The third kappa shape index (κ3) is 4.59. The summed E-state index contributed by atoms with van der Waals surface area (Å²) < 4.78 is 0. The molecular weight excluding hydrogens is 368 g/mol. The fourth-order valence-electron chi connectivity index (χ4n) is 4.48. The molecule has 2 aliphatic rings. The molecule has 1 aliphatic heterocycles. The molecule has 0 saturated carbocycles. The van der Waals surface area contributed by atoms with Crippen molar-refractivity contribution in [2.75, 3.05) is 13.1 Å². The Labute approximate surface area is 173 Å². The number of hydrogen-bond donors (Lipinski definition) is 1. The van der Waals surface area contributed by atoms with Gasteiger partial charge in [-0.2, -0.15) is 0 Å². The highest BCUT2D eigenvalue weighted by Crippen LogP contribution is 2.26. The minimum Gasteiger partial charge on any atom is -0.349 e. The van der Waals surface area contributed by atoms with E-state index in [1.807, 2.05) is 12.1 Å². The first-order chi connectivity index (χ1) is 13.6. The van der Waals surface area contributed by atoms with Crippen LogP contribution in [0.15, 0.2) is 42.5 Å². The summed E-state index contributed by atoms with van der Waals surface area (Å²) in [7, 11) is 0. The predicted octanol–water partition coefficient (Wildman–Crippen LogP) is 4.92. The number of likely N-dealkylation sites (tertiary alicyclic amines) is 1. The number of carbonyl (C=O) groups is 1. The molecule has 0 unspecified atom stereocenters. The minimum absolute atomic E-state index is 0.0745. The lowest BCUT2D eigenvalue weighted by atomic mass is 9.94. The molecular formula is C24H29ClN2O. The summed E-state index contributed by atoms with van der Waals surface area (Å²) in [6, 6.07) is 14.8. The summed E-state index contributed by atoms with van der Waals surface area (Å²) in [5.74, 6) is 0.331. The molecule has 1 fully saturated rings. The second-order valence-corrected chi connectivity index (χ2v) is 8.73. The van der Waals surface area contributed by atoms with Gasteiger partial charge in [-0.3, -0.25) is 9.69 Å². The van der Waals surface area contributed by atoms with E-state index in [1.165, 1.54) is 41.5 Å². The number of aryl methyl sites for hydroxylation is 2. The largest absolute Gasteiger partial charge is 0.349 e. The molecule has 28 heavy (non-hydrogen) atoms. The number of fused-ring (bicyclic) bond motifs is 1. The van der Waals surface area contributed by atoms with Gasteiger partial charge in [0.1, 0.15) is 0 Å². The van der Waals surface area contributed by atoms with Crippen LogP contribution in [0.3, 0.4) is 0 Å². The summed E-state index contributed by atoms with van der Waals surface area (Å²) in [5, 5.41) is 4.03. The summed E-state index contributed by atoms with van der Waals surface area (Å²) in [6.45, 7) is 4.96. The average Bonchev–Trinajstić information content (AvgIpc) is 3.18. The smallest absolute Gasteiger partial charge is 0.223 e. The van der Waals surface area contributed by atoms with Gasteiger partial charge in [0.15, 0.2) is 0 Å². The molecule has 0 spiro atoms. The summed E-state index contributed by atoms with van der Waals surface area (Å²) in [6.07, 6.45) is 5.49. The van der Waals surface area contributed by atoms with Crippen LogP contribution >= 0.6 is 11.6 Å². The van der Waals surface area contributed by atoms with E-state index in [0.29, 0.717) is 0 Å². The third-order valence-electron chi connectivity index (χ3n) is 6.26. The SMILES string of the molecule is C[C@@H](NC(=O)C1CCN(Cc2ccc(Cl)cc2)CC1)c1ccc2c(c1)CCC2. The van der Waals surface area contributed by atoms with Crippen molar-refractivity contribution in [3.63, 3.8) is 0 Å². The van der Waals surface area contributed by atoms with Crippen molar-refractivity contribution in [1.82, 2.24) is 10.2 Å². The average molecular weight is 397 g/mol. The molecule has 0 aromatic heterocycles. The van der Waals surface area contributed by atoms with Gasteiger partial charge in [0.25, 0.3) is 0 Å². The Bertz CT molecular complexity index is 825. The van der Waals surface area contributed by atoms with Crippen LogP contribution < -0.4 is 5.32 Å². The number of rotatable bonds is 5. The Morgan fingerprint density at radius 1 is 1.11 bits per heavy atom. The van der Waals surface area contributed by atoms with E-state index in [1.54, 1.807) is 0 Å². The van der Waals surface area contributed by atoms with E-state index in [4.69, 9.17) is 11.6 Å². The highest BCUT2D eigenvalue weighted by atomic mass is 35.5. The topological polar surface area (TPSA) is 32.3 Å². The Kier molecular flexibility index (Phi) is 6.03. The molecule has 1 aliphatic carbocycles. The standard InChI is InChI=1S/C24H29ClN2O/c1-17(21-8-7-19-3-2-4-22(19)15-21)26-24(28)20-11-13-27(14-12-20)16-18-5-9-23(25)10-6-18/h5-10,15,17,20H,2-4,11-14,16H2,1H3,(H,26,28)/t17-/m1/s1. The Balaban J connectivity index is 1.27. The van der Waals surface area contributed by atoms with Gasteiger partial charge in [0.2, 0.25) is 5.91 Å². The van der Waals surface area contributed by atoms with Crippen LogP contribution in [0, 0.1) is 5.92 Å². The molecule has 1 saturated heterocycles. The molecule has 2 aromatic rings. The molecule has 4 heteroatoms. The van der Waals surface area contributed by atoms with Gasteiger partial charge in [-0.05, 0) is 86.5 Å². The molecule has 1 heterocycles. The predicted molar refractivity (Wildman–Crippen MR) is 114 cm³/mol. The maximum Gasteiger partial charge on any atom is 0.223 e. The van der Waals surface area contributed by atoms with Gasteiger partial charge in [-0.15, -0.1) is 0 Å². The minimum atomic E-state index is 0.0745. The molecule has 1 N–H and O–H groups in total. The first-order valence-electron chi connectivity index (χ1n) is 10.5. The van der Waals surface area contributed by atoms with Crippen LogP contribution in [0.4, 0.5) is 0 Å². The molecule has 4 rings (SSSR count). The second kappa shape index (κ2) is 8.67. The first kappa shape index (κ1) is 19.5. The lowest BCUT2D eigenvalue weighted by Gasteiger charge is -2.32. The van der Waals surface area contributed by atoms with Crippen molar-refractivity contribution in [3.8, 4) is 0 Å². The van der Waals surface area contributed by atoms with E-state index in [9.17, 15) is 4.79 Å². The van der Waals surface area contributed by atoms with E-state index in [2.05, 4.69) is 47.5 Å². The quantitative estimate of drug-likeness (QED) is 0.778. The number of amides is 1. The van der Waals surface area contributed by atoms with Gasteiger partial charge in [0, 0.05) is 17.5 Å². The first-order valence-corrected chi connectivity index (χ1v) is 10.8. The molecule has 2 aromatic carbocycles. The zero-order chi connectivity index (χ0) is 19.5. The van der Waals surface area contributed by atoms with Gasteiger partial charge >= 0.3 is 0 Å². The molecule has 1 atom stereocenters. The van der Waals surface area contributed by atoms with E-state index in [-0.39, 0.29) is 17.9 Å². The summed E-state index contributed by atoms with van der Waals surface area (Å²) in [4.78, 5) is 15.2. The number of hydrogen-bond acceptors (Lipinski definition) is 2. The second-order valence-electron chi connectivity index (χ2n) is 8.29. The van der Waals surface area contributed by atoms with Crippen molar-refractivity contribution in [1.29, 1.82) is 0 Å². The van der Waals surface area contributed by atoms with Crippen LogP contribution in [-0.4, -0.2) is 23.9 Å². The zero-order valence-electron chi connectivity index (χ0n) is 16.6. The molecule has 0 radical (unpaired) electrons. The fraction of sp³-hybridized carbons (Fsp3) is 0.458. The van der Waals surface area contributed by atoms with Crippen molar-refractivity contribution in [2.24, 2.45) is 5.92 Å². The lowest BCUT2D eigenvalue weighted by Crippen LogP contribution is -2.40. The van der Waals surface area contributed by atoms with E-state index >= 15 is 0 Å². The van der Waals surface area contributed by atoms with Crippen molar-refractivity contribution >= 4 is 17.5 Å². The highest BCUT2D eigenvalue weighted by Gasteiger charge is 2.26. The highest BCUT2D eigenvalue weighted by molar-refractivity contribution is 6.30. The zero-order valence-corrected chi connectivity index (χ0v) is 17.3. The van der Waals surface area contributed by atoms with Gasteiger partial charge in [-0.1, -0.05) is 41.9 Å². The maximum absolute atomic E-state index is 12.8. The van der Waals surface area contributed by atoms with Crippen LogP contribution in [0.25, 0.3) is 0 Å². The van der Waals surface area contributed by atoms with Crippen molar-refractivity contribution in [2.45, 2.75) is 51.6 Å². The van der Waals surface area contributed by atoms with Crippen LogP contribution in [-0.2, 0) is 24.2 Å². The maximum atomic E-state index is 12.8. The Morgan fingerprint density at radius 2 is 1.82 bits per heavy atom. The third-order valence-corrected chi connectivity index (χ3v) is 6.51. The number of piperidine rings is 1. The van der Waals surface area contributed by atoms with E-state index < -0.39 is 0 Å². The number of carbonyl (C=O) groups excluding carboxylic acids is 1. The number of halogens is 1. The van der Waals surface area contributed by atoms with Gasteiger partial charge in [-0.25, -0.2) is 0 Å². The van der Waals surface area contributed by atoms with Crippen molar-refractivity contribution < 1.29 is 4.79 Å². The van der Waals surface area contributed by atoms with Crippen LogP contribution in [0.2, 0.25) is 5.02 Å². The number of nitrogens with one attached hydrogen (secondary N) is 1. The molecule has 0 bridgehead atoms. The van der Waals surface area contributed by atoms with E-state index in [0.717, 1.165) is 37.5 Å². The number of nitrogens with zero attached hydrogens (tertiary/aromatic N) is 1. The van der Waals surface area contributed by atoms with Gasteiger partial charge in [0.05, 0.1) is 6.04 Å². The Hall–Kier alpha value is -1.84. The molecule has 148 valence electrons. The lowest BCUT2D eigenvalue weighted by molar-refractivity contribution is -0.127. The molecule has 3 nitrogen and oxygen atoms in total. The summed E-state index contributed by atoms with van der Waals surface area (Å²) in [5.41, 5.74) is 5.45. The number of benzene rings is 2. The normalized spacial score (nSPS) is 18.6. The fourth-order valence-corrected chi connectivity index (χ4v) is 4.60.